The summed E-state index contributed by atoms with van der Waals surface area (Å²) in [4.78, 5) is 59.9. The van der Waals surface area contributed by atoms with E-state index in [0.717, 1.165) is 28.7 Å². The molecule has 2 heterocycles. The van der Waals surface area contributed by atoms with Gasteiger partial charge in [-0.2, -0.15) is 10.4 Å². The Morgan fingerprint density at radius 3 is 2.09 bits per heavy atom. The molecule has 1 fully saturated rings. The fourth-order valence-corrected chi connectivity index (χ4v) is 6.89. The average Bonchev–Trinajstić information content (AvgIpc) is 3.63. The number of nitriles is 1. The lowest BCUT2D eigenvalue weighted by Gasteiger charge is -2.37. The van der Waals surface area contributed by atoms with Crippen molar-refractivity contribution in [1.82, 2.24) is 34.8 Å². The van der Waals surface area contributed by atoms with Gasteiger partial charge < -0.3 is 20.0 Å². The molecule has 46 heavy (non-hydrogen) atoms. The lowest BCUT2D eigenvalue weighted by molar-refractivity contribution is -0.130. The van der Waals surface area contributed by atoms with Crippen molar-refractivity contribution in [3.05, 3.63) is 86.1 Å². The molecule has 1 saturated heterocycles. The summed E-state index contributed by atoms with van der Waals surface area (Å²) in [5.74, 6) is 0.0705. The summed E-state index contributed by atoms with van der Waals surface area (Å²) >= 11 is 0. The molecule has 12 heteroatoms. The highest BCUT2D eigenvalue weighted by Crippen LogP contribution is 2.47. The lowest BCUT2D eigenvalue weighted by atomic mass is 9.67. The lowest BCUT2D eigenvalue weighted by Crippen LogP contribution is -2.45. The zero-order valence-electron chi connectivity index (χ0n) is 27.4. The molecule has 3 amide bonds. The number of benzene rings is 2. The highest BCUT2D eigenvalue weighted by Gasteiger charge is 2.45. The van der Waals surface area contributed by atoms with Crippen LogP contribution in [0.1, 0.15) is 75.0 Å². The molecule has 0 saturated carbocycles. The molecule has 5 rings (SSSR count). The number of hydrogen-bond acceptors (Lipinski definition) is 7. The van der Waals surface area contributed by atoms with Crippen LogP contribution in [-0.4, -0.2) is 101 Å². The molecule has 2 aliphatic rings. The van der Waals surface area contributed by atoms with E-state index in [0.29, 0.717) is 49.2 Å². The largest absolute Gasteiger partial charge is 0.345 e. The first-order valence-electron chi connectivity index (χ1n) is 15.6. The van der Waals surface area contributed by atoms with E-state index in [1.807, 2.05) is 43.3 Å². The van der Waals surface area contributed by atoms with Crippen LogP contribution < -0.4 is 11.0 Å². The minimum absolute atomic E-state index is 0.0560. The van der Waals surface area contributed by atoms with Crippen LogP contribution >= 0.6 is 0 Å². The number of carbonyl (C=O) groups is 3. The second-order valence-corrected chi connectivity index (χ2v) is 12.8. The predicted molar refractivity (Wildman–Crippen MR) is 172 cm³/mol. The standard InChI is InChI=1S/C34H42N8O4/c1-21(36-20-29(43)42-15-7-8-26(42)19-35)18-34(32-37-33(46)41(6)38-32)27-13-11-24(30(44)39(2)3)16-22(27)9-10-23-17-25(12-14-28(23)34)31(45)40(4)5/h11-14,16-17,21,26,36H,7-10,15,18,20H2,1-6H3,(H,37,38,46)/t21-,26?/m1/s1. The van der Waals surface area contributed by atoms with Crippen molar-refractivity contribution in [3.8, 4) is 6.07 Å². The second kappa shape index (κ2) is 12.9. The van der Waals surface area contributed by atoms with Crippen LogP contribution in [0.3, 0.4) is 0 Å². The van der Waals surface area contributed by atoms with Gasteiger partial charge in [-0.25, -0.2) is 9.48 Å². The number of nitrogens with one attached hydrogen (secondary N) is 2. The number of aryl methyl sites for hydroxylation is 3. The number of likely N-dealkylation sites (tertiary alicyclic amines) is 1. The van der Waals surface area contributed by atoms with Crippen molar-refractivity contribution in [2.24, 2.45) is 7.05 Å². The number of carbonyl (C=O) groups excluding carboxylic acids is 3. The fraction of sp³-hybridized carbons (Fsp3) is 0.471. The minimum atomic E-state index is -1.00. The van der Waals surface area contributed by atoms with Crippen molar-refractivity contribution < 1.29 is 14.4 Å². The Morgan fingerprint density at radius 2 is 1.61 bits per heavy atom. The Bertz CT molecular complexity index is 1690. The summed E-state index contributed by atoms with van der Waals surface area (Å²) in [7, 11) is 8.45. The normalized spacial score (nSPS) is 17.3. The summed E-state index contributed by atoms with van der Waals surface area (Å²) in [6.45, 7) is 2.61. The number of rotatable bonds is 8. The smallest absolute Gasteiger partial charge is 0.343 e. The Morgan fingerprint density at radius 1 is 1.04 bits per heavy atom. The Labute approximate surface area is 269 Å². The Balaban J connectivity index is 1.66. The van der Waals surface area contributed by atoms with Crippen molar-refractivity contribution in [2.45, 2.75) is 56.5 Å². The molecule has 2 atom stereocenters. The molecule has 1 aromatic heterocycles. The number of nitrogens with zero attached hydrogens (tertiary/aromatic N) is 6. The van der Waals surface area contributed by atoms with Crippen LogP contribution in [0, 0.1) is 11.3 Å². The molecule has 1 aliphatic heterocycles. The number of aromatic amines is 1. The van der Waals surface area contributed by atoms with Gasteiger partial charge in [0.05, 0.1) is 18.0 Å². The third-order valence-electron chi connectivity index (χ3n) is 9.21. The van der Waals surface area contributed by atoms with Gasteiger partial charge in [-0.05, 0) is 85.5 Å². The first-order chi connectivity index (χ1) is 21.9. The fourth-order valence-electron chi connectivity index (χ4n) is 6.89. The highest BCUT2D eigenvalue weighted by molar-refractivity contribution is 5.95. The van der Waals surface area contributed by atoms with Gasteiger partial charge in [-0.15, -0.1) is 0 Å². The SMILES string of the molecule is C[C@H](CC1(c2nn(C)c(=O)[nH]2)c2ccc(C(=O)N(C)C)cc2CCc2cc(C(=O)N(C)C)ccc21)NCC(=O)N1CCCC1C#N. The van der Waals surface area contributed by atoms with E-state index < -0.39 is 11.5 Å². The summed E-state index contributed by atoms with van der Waals surface area (Å²) in [5.41, 5.74) is 3.40. The van der Waals surface area contributed by atoms with E-state index in [1.165, 1.54) is 14.5 Å². The molecule has 242 valence electrons. The van der Waals surface area contributed by atoms with Crippen LogP contribution in [-0.2, 0) is 30.1 Å². The number of hydrogen-bond donors (Lipinski definition) is 2. The molecule has 2 N–H and O–H groups in total. The molecule has 2 aromatic carbocycles. The van der Waals surface area contributed by atoms with E-state index in [1.54, 1.807) is 40.1 Å². The van der Waals surface area contributed by atoms with E-state index in [9.17, 15) is 24.4 Å². The van der Waals surface area contributed by atoms with Crippen molar-refractivity contribution in [3.63, 3.8) is 0 Å². The van der Waals surface area contributed by atoms with Crippen LogP contribution in [0.25, 0.3) is 0 Å². The molecule has 12 nitrogen and oxygen atoms in total. The predicted octanol–water partition coefficient (Wildman–Crippen LogP) is 1.83. The van der Waals surface area contributed by atoms with Gasteiger partial charge in [0.15, 0.2) is 0 Å². The van der Waals surface area contributed by atoms with Gasteiger partial charge in [0.1, 0.15) is 11.9 Å². The zero-order valence-corrected chi connectivity index (χ0v) is 27.4. The number of fused-ring (bicyclic) bond motifs is 2. The Hall–Kier alpha value is -4.76. The third-order valence-corrected chi connectivity index (χ3v) is 9.21. The van der Waals surface area contributed by atoms with Gasteiger partial charge in [-0.3, -0.25) is 19.4 Å². The molecular formula is C34H42N8O4. The van der Waals surface area contributed by atoms with E-state index in [-0.39, 0.29) is 36.0 Å². The maximum Gasteiger partial charge on any atom is 0.343 e. The first kappa shape index (κ1) is 32.6. The summed E-state index contributed by atoms with van der Waals surface area (Å²) in [6, 6.07) is 12.9. The van der Waals surface area contributed by atoms with Crippen LogP contribution in [0.5, 0.6) is 0 Å². The average molecular weight is 627 g/mol. The summed E-state index contributed by atoms with van der Waals surface area (Å²) in [6.07, 6.45) is 3.08. The van der Waals surface area contributed by atoms with Gasteiger partial charge >= 0.3 is 5.69 Å². The molecule has 0 bridgehead atoms. The van der Waals surface area contributed by atoms with Gasteiger partial charge in [0, 0.05) is 59.0 Å². The topological polar surface area (TPSA) is 147 Å². The number of amides is 3. The van der Waals surface area contributed by atoms with Gasteiger partial charge in [0.25, 0.3) is 11.8 Å². The Kier molecular flexibility index (Phi) is 9.17. The van der Waals surface area contributed by atoms with Crippen molar-refractivity contribution in [1.29, 1.82) is 5.26 Å². The van der Waals surface area contributed by atoms with E-state index in [2.05, 4.69) is 16.4 Å². The molecular weight excluding hydrogens is 584 g/mol. The number of aromatic nitrogens is 3. The highest BCUT2D eigenvalue weighted by atomic mass is 16.2. The van der Waals surface area contributed by atoms with Crippen LogP contribution in [0.15, 0.2) is 41.2 Å². The molecule has 0 spiro atoms. The molecule has 0 radical (unpaired) electrons. The first-order valence-corrected chi connectivity index (χ1v) is 15.6. The number of H-pyrrole nitrogens is 1. The third kappa shape index (κ3) is 5.95. The van der Waals surface area contributed by atoms with Crippen LogP contribution in [0.2, 0.25) is 0 Å². The zero-order chi connectivity index (χ0) is 33.3. The monoisotopic (exact) mass is 626 g/mol. The van der Waals surface area contributed by atoms with Crippen molar-refractivity contribution in [2.75, 3.05) is 41.3 Å². The van der Waals surface area contributed by atoms with Gasteiger partial charge in [-0.1, -0.05) is 12.1 Å². The molecule has 1 aliphatic carbocycles. The molecule has 1 unspecified atom stereocenters. The maximum atomic E-state index is 13.2. The van der Waals surface area contributed by atoms with E-state index >= 15 is 0 Å². The summed E-state index contributed by atoms with van der Waals surface area (Å²) in [5, 5.41) is 17.6. The summed E-state index contributed by atoms with van der Waals surface area (Å²) < 4.78 is 1.27. The van der Waals surface area contributed by atoms with Crippen LogP contribution in [0.4, 0.5) is 0 Å². The minimum Gasteiger partial charge on any atom is -0.345 e. The van der Waals surface area contributed by atoms with E-state index in [4.69, 9.17) is 5.10 Å². The molecule has 3 aromatic rings. The quantitative estimate of drug-likeness (QED) is 0.388. The second-order valence-electron chi connectivity index (χ2n) is 12.8. The maximum absolute atomic E-state index is 13.2. The van der Waals surface area contributed by atoms with Gasteiger partial charge in [0.2, 0.25) is 5.91 Å². The van der Waals surface area contributed by atoms with Crippen molar-refractivity contribution >= 4 is 17.7 Å².